The van der Waals surface area contributed by atoms with Crippen molar-refractivity contribution in [1.29, 1.82) is 10.5 Å². The molecule has 1 aliphatic rings. The predicted octanol–water partition coefficient (Wildman–Crippen LogP) is 6.41. The molecule has 2 aromatic heterocycles. The van der Waals surface area contributed by atoms with Crippen molar-refractivity contribution in [2.24, 2.45) is 0 Å². The summed E-state index contributed by atoms with van der Waals surface area (Å²) in [5.74, 6) is 1.06. The second-order valence-corrected chi connectivity index (χ2v) is 8.18. The van der Waals surface area contributed by atoms with Gasteiger partial charge in [-0.05, 0) is 46.9 Å². The smallest absolute Gasteiger partial charge is 0.254 e. The minimum absolute atomic E-state index is 0. The molecular formula is C31H18IrN6-2. The number of fused-ring (bicyclic) bond motifs is 3. The van der Waals surface area contributed by atoms with Gasteiger partial charge in [-0.15, -0.1) is 35.4 Å². The third kappa shape index (κ3) is 5.15. The number of aromatic nitrogens is 3. The van der Waals surface area contributed by atoms with Crippen LogP contribution < -0.4 is 0 Å². The number of imidazole rings is 1. The van der Waals surface area contributed by atoms with E-state index in [1.807, 2.05) is 79.1 Å². The van der Waals surface area contributed by atoms with Crippen LogP contribution in [0.25, 0.3) is 38.6 Å². The molecule has 0 amide bonds. The predicted molar refractivity (Wildman–Crippen MR) is 140 cm³/mol. The molecule has 0 N–H and O–H groups in total. The van der Waals surface area contributed by atoms with E-state index in [1.165, 1.54) is 17.2 Å². The Morgan fingerprint density at radius 3 is 2.55 bits per heavy atom. The Bertz CT molecular complexity index is 1720. The largest absolute Gasteiger partial charge is 0.371 e. The number of hydrogen-bond acceptors (Lipinski definition) is 4. The van der Waals surface area contributed by atoms with E-state index >= 15 is 0 Å². The van der Waals surface area contributed by atoms with Crippen molar-refractivity contribution in [3.63, 3.8) is 0 Å². The molecule has 38 heavy (non-hydrogen) atoms. The average Bonchev–Trinajstić information content (AvgIpc) is 3.47. The Hall–Kier alpha value is -4.86. The van der Waals surface area contributed by atoms with Crippen LogP contribution >= 0.6 is 0 Å². The number of pyridine rings is 1. The van der Waals surface area contributed by atoms with Gasteiger partial charge in [-0.3, -0.25) is 9.97 Å². The van der Waals surface area contributed by atoms with E-state index in [-0.39, 0.29) is 36.9 Å². The van der Waals surface area contributed by atoms with E-state index in [4.69, 9.17) is 11.8 Å². The molecule has 0 saturated carbocycles. The fraction of sp³-hybridized carbons (Fsp3) is 0.0645. The van der Waals surface area contributed by atoms with Gasteiger partial charge in [0.1, 0.15) is 6.57 Å². The molecule has 5 aromatic rings. The van der Waals surface area contributed by atoms with E-state index < -0.39 is 0 Å². The average molecular weight is 667 g/mol. The van der Waals surface area contributed by atoms with Crippen molar-refractivity contribution in [3.8, 4) is 45.9 Å². The summed E-state index contributed by atoms with van der Waals surface area (Å²) in [6.45, 7) is 8.44. The van der Waals surface area contributed by atoms with Gasteiger partial charge in [0.2, 0.25) is 0 Å². The minimum atomic E-state index is 0. The molecule has 1 radical (unpaired) electrons. The van der Waals surface area contributed by atoms with Gasteiger partial charge in [0.25, 0.3) is 5.69 Å². The van der Waals surface area contributed by atoms with Crippen LogP contribution in [0.5, 0.6) is 0 Å². The summed E-state index contributed by atoms with van der Waals surface area (Å²) >= 11 is 0. The summed E-state index contributed by atoms with van der Waals surface area (Å²) in [4.78, 5) is 12.2. The van der Waals surface area contributed by atoms with Crippen LogP contribution in [0, 0.1) is 41.4 Å². The van der Waals surface area contributed by atoms with Gasteiger partial charge in [-0.2, -0.15) is 4.85 Å². The maximum absolute atomic E-state index is 9.24. The Labute approximate surface area is 234 Å². The van der Waals surface area contributed by atoms with Crippen molar-refractivity contribution < 1.29 is 20.1 Å². The van der Waals surface area contributed by atoms with Gasteiger partial charge < -0.3 is 4.57 Å². The fourth-order valence-electron chi connectivity index (χ4n) is 4.28. The van der Waals surface area contributed by atoms with Crippen LogP contribution in [0.2, 0.25) is 0 Å². The molecule has 6 nitrogen and oxygen atoms in total. The number of nitrogens with zero attached hydrogens (tertiary/aromatic N) is 6. The first-order valence-electron chi connectivity index (χ1n) is 11.5. The number of nitriles is 2. The van der Waals surface area contributed by atoms with Crippen molar-refractivity contribution in [2.45, 2.75) is 13.0 Å². The van der Waals surface area contributed by atoms with Gasteiger partial charge in [0.05, 0.1) is 11.9 Å². The molecule has 1 aliphatic heterocycles. The molecule has 0 unspecified atom stereocenters. The number of rotatable bonds is 2. The standard InChI is InChI=1S/C20H9N4.C11H9N2.Ir/c1-23-19-11-16(13-22)15(12-21)10-18(19)20-17(8-5-9-24-20)14-6-3-2-4-7-14;1-2-4-10-9(3-1)5-7-13-8-6-12-11(10)13;/h2-9,11H;1-3,6,8H,5,7H2;/q2*-1;. The van der Waals surface area contributed by atoms with E-state index in [2.05, 4.69) is 37.6 Å². The van der Waals surface area contributed by atoms with Crippen molar-refractivity contribution in [3.05, 3.63) is 126 Å². The van der Waals surface area contributed by atoms with Crippen molar-refractivity contribution in [2.75, 3.05) is 0 Å². The second kappa shape index (κ2) is 11.9. The Kier molecular flexibility index (Phi) is 8.22. The quantitative estimate of drug-likeness (QED) is 0.204. The molecule has 6 rings (SSSR count). The maximum Gasteiger partial charge on any atom is 0.254 e. The van der Waals surface area contributed by atoms with Gasteiger partial charge in [0, 0.05) is 56.5 Å². The summed E-state index contributed by atoms with van der Waals surface area (Å²) in [6.07, 6.45) is 6.61. The Morgan fingerprint density at radius 2 is 1.79 bits per heavy atom. The molecule has 0 fully saturated rings. The first kappa shape index (κ1) is 26.2. The number of hydrogen-bond donors (Lipinski definition) is 0. The topological polar surface area (TPSA) is 82.7 Å². The Balaban J connectivity index is 0.000000201. The first-order chi connectivity index (χ1) is 18.2. The number of aryl methyl sites for hydroxylation is 2. The summed E-state index contributed by atoms with van der Waals surface area (Å²) < 4.78 is 2.18. The van der Waals surface area contributed by atoms with E-state index in [0.29, 0.717) is 11.3 Å². The second-order valence-electron chi connectivity index (χ2n) is 8.18. The van der Waals surface area contributed by atoms with Crippen LogP contribution in [-0.2, 0) is 33.1 Å². The SMILES string of the molecule is [C-]#[N+]c1cc(C#N)c(C#N)[c-]c1-c1ncccc1-c1ccccc1.[Ir].[c-]1cccc2c1-c1nccn1CC2. The molecule has 0 spiro atoms. The molecule has 3 aromatic carbocycles. The fourth-order valence-corrected chi connectivity index (χ4v) is 4.28. The summed E-state index contributed by atoms with van der Waals surface area (Å²) in [7, 11) is 0. The summed E-state index contributed by atoms with van der Waals surface area (Å²) in [5.41, 5.74) is 5.83. The third-order valence-corrected chi connectivity index (χ3v) is 6.04. The van der Waals surface area contributed by atoms with Crippen LogP contribution in [0.4, 0.5) is 5.69 Å². The van der Waals surface area contributed by atoms with Crippen LogP contribution in [0.1, 0.15) is 16.7 Å². The zero-order valence-corrected chi connectivity index (χ0v) is 22.4. The van der Waals surface area contributed by atoms with Gasteiger partial charge in [0.15, 0.2) is 0 Å². The van der Waals surface area contributed by atoms with Gasteiger partial charge >= 0.3 is 0 Å². The molecule has 3 heterocycles. The first-order valence-corrected chi connectivity index (χ1v) is 11.5. The molecule has 0 atom stereocenters. The van der Waals surface area contributed by atoms with Crippen molar-refractivity contribution >= 4 is 5.69 Å². The minimum Gasteiger partial charge on any atom is -0.371 e. The number of benzene rings is 3. The van der Waals surface area contributed by atoms with Crippen LogP contribution in [0.15, 0.2) is 85.3 Å². The van der Waals surface area contributed by atoms with Gasteiger partial charge in [-0.1, -0.05) is 42.5 Å². The maximum atomic E-state index is 9.24. The van der Waals surface area contributed by atoms with Crippen LogP contribution in [-0.4, -0.2) is 14.5 Å². The Morgan fingerprint density at radius 1 is 0.947 bits per heavy atom. The summed E-state index contributed by atoms with van der Waals surface area (Å²) in [6, 6.07) is 31.0. The zero-order valence-electron chi connectivity index (χ0n) is 20.0. The summed E-state index contributed by atoms with van der Waals surface area (Å²) in [5, 5.41) is 18.4. The zero-order chi connectivity index (χ0) is 25.6. The van der Waals surface area contributed by atoms with E-state index in [0.717, 1.165) is 29.9 Å². The van der Waals surface area contributed by atoms with Gasteiger partial charge in [-0.25, -0.2) is 10.5 Å². The van der Waals surface area contributed by atoms with E-state index in [9.17, 15) is 5.26 Å². The molecular weight excluding hydrogens is 649 g/mol. The molecule has 0 bridgehead atoms. The van der Waals surface area contributed by atoms with E-state index in [1.54, 1.807) is 6.20 Å². The molecule has 0 aliphatic carbocycles. The van der Waals surface area contributed by atoms with Crippen LogP contribution in [0.3, 0.4) is 0 Å². The molecule has 7 heteroatoms. The third-order valence-electron chi connectivity index (χ3n) is 6.04. The normalized spacial score (nSPS) is 10.7. The molecule has 183 valence electrons. The van der Waals surface area contributed by atoms with Crippen molar-refractivity contribution in [1.82, 2.24) is 14.5 Å². The molecule has 0 saturated heterocycles. The monoisotopic (exact) mass is 667 g/mol.